The summed E-state index contributed by atoms with van der Waals surface area (Å²) < 4.78 is 38.2. The van der Waals surface area contributed by atoms with Gasteiger partial charge in [0.1, 0.15) is 9.88 Å². The highest BCUT2D eigenvalue weighted by Gasteiger charge is 2.31. The number of thiazole rings is 1. The van der Waals surface area contributed by atoms with Crippen molar-refractivity contribution >= 4 is 23.2 Å². The molecule has 28 heavy (non-hydrogen) atoms. The van der Waals surface area contributed by atoms with Crippen LogP contribution in [0.2, 0.25) is 0 Å². The Morgan fingerprint density at radius 3 is 2.32 bits per heavy atom. The van der Waals surface area contributed by atoms with E-state index in [1.54, 1.807) is 6.92 Å². The second-order valence-electron chi connectivity index (χ2n) is 5.79. The molecular formula is C19H14F3N3O2S. The number of aromatic nitrogens is 1. The van der Waals surface area contributed by atoms with E-state index in [0.29, 0.717) is 21.6 Å². The van der Waals surface area contributed by atoms with Crippen LogP contribution in [0.25, 0.3) is 10.6 Å². The van der Waals surface area contributed by atoms with Gasteiger partial charge < -0.3 is 0 Å². The van der Waals surface area contributed by atoms with E-state index in [0.717, 1.165) is 29.0 Å². The van der Waals surface area contributed by atoms with Crippen molar-refractivity contribution in [3.05, 3.63) is 76.3 Å². The maximum atomic E-state index is 12.7. The van der Waals surface area contributed by atoms with E-state index >= 15 is 0 Å². The molecule has 0 atom stereocenters. The number of carbonyl (C=O) groups is 2. The molecule has 0 aliphatic heterocycles. The molecule has 9 heteroatoms. The van der Waals surface area contributed by atoms with E-state index in [9.17, 15) is 22.8 Å². The first-order valence-electron chi connectivity index (χ1n) is 8.06. The van der Waals surface area contributed by atoms with E-state index < -0.39 is 23.6 Å². The van der Waals surface area contributed by atoms with Crippen molar-refractivity contribution in [2.75, 3.05) is 0 Å². The number of aryl methyl sites for hydroxylation is 1. The molecule has 0 aliphatic carbocycles. The third kappa shape index (κ3) is 4.37. The van der Waals surface area contributed by atoms with Crippen molar-refractivity contribution < 1.29 is 22.8 Å². The summed E-state index contributed by atoms with van der Waals surface area (Å²) in [5.41, 5.74) is 4.50. The molecule has 2 N–H and O–H groups in total. The first-order chi connectivity index (χ1) is 13.3. The van der Waals surface area contributed by atoms with E-state index in [-0.39, 0.29) is 5.56 Å². The lowest BCUT2D eigenvalue weighted by Gasteiger charge is -2.09. The molecule has 0 bridgehead atoms. The molecule has 0 spiro atoms. The Labute approximate surface area is 162 Å². The average molecular weight is 405 g/mol. The standard InChI is InChI=1S/C19H14F3N3O2S/c1-11-15(28-18(23-11)12-6-3-2-4-7-12)17(27)25-24-16(26)13-8-5-9-14(10-13)19(20,21)22/h2-10H,1H3,(H,24,26)(H,25,27). The van der Waals surface area contributed by atoms with Gasteiger partial charge in [0.2, 0.25) is 0 Å². The minimum Gasteiger partial charge on any atom is -0.267 e. The van der Waals surface area contributed by atoms with Crippen LogP contribution in [0.5, 0.6) is 0 Å². The van der Waals surface area contributed by atoms with Gasteiger partial charge in [-0.2, -0.15) is 13.2 Å². The smallest absolute Gasteiger partial charge is 0.267 e. The highest BCUT2D eigenvalue weighted by atomic mass is 32.1. The Balaban J connectivity index is 1.69. The van der Waals surface area contributed by atoms with E-state index in [1.165, 1.54) is 6.07 Å². The van der Waals surface area contributed by atoms with Crippen molar-refractivity contribution in [1.82, 2.24) is 15.8 Å². The first-order valence-corrected chi connectivity index (χ1v) is 8.88. The van der Waals surface area contributed by atoms with Crippen molar-refractivity contribution in [2.24, 2.45) is 0 Å². The molecule has 0 unspecified atom stereocenters. The molecule has 0 fully saturated rings. The van der Waals surface area contributed by atoms with Crippen molar-refractivity contribution in [3.63, 3.8) is 0 Å². The second-order valence-corrected chi connectivity index (χ2v) is 6.79. The molecule has 0 aliphatic rings. The zero-order valence-corrected chi connectivity index (χ0v) is 15.3. The fourth-order valence-corrected chi connectivity index (χ4v) is 3.36. The molecule has 2 aromatic carbocycles. The number of amides is 2. The maximum absolute atomic E-state index is 12.7. The summed E-state index contributed by atoms with van der Waals surface area (Å²) in [6.07, 6.45) is -4.56. The minimum absolute atomic E-state index is 0.221. The Hall–Kier alpha value is -3.20. The lowest BCUT2D eigenvalue weighted by atomic mass is 10.1. The van der Waals surface area contributed by atoms with Crippen LogP contribution in [0.3, 0.4) is 0 Å². The number of hydrogen-bond donors (Lipinski definition) is 2. The van der Waals surface area contributed by atoms with Crippen molar-refractivity contribution in [3.8, 4) is 10.6 Å². The summed E-state index contributed by atoms with van der Waals surface area (Å²) in [5, 5.41) is 0.646. The van der Waals surface area contributed by atoms with Gasteiger partial charge in [0, 0.05) is 11.1 Å². The third-order valence-corrected chi connectivity index (χ3v) is 4.97. The molecule has 2 amide bonds. The topological polar surface area (TPSA) is 71.1 Å². The number of halogens is 3. The van der Waals surface area contributed by atoms with Gasteiger partial charge in [0.25, 0.3) is 11.8 Å². The van der Waals surface area contributed by atoms with Gasteiger partial charge in [-0.25, -0.2) is 4.98 Å². The predicted molar refractivity (Wildman–Crippen MR) is 98.7 cm³/mol. The third-order valence-electron chi connectivity index (χ3n) is 3.77. The van der Waals surface area contributed by atoms with Gasteiger partial charge in [-0.05, 0) is 25.1 Å². The summed E-state index contributed by atoms with van der Waals surface area (Å²) in [6.45, 7) is 1.66. The highest BCUT2D eigenvalue weighted by molar-refractivity contribution is 7.17. The van der Waals surface area contributed by atoms with Gasteiger partial charge >= 0.3 is 6.18 Å². The lowest BCUT2D eigenvalue weighted by molar-refractivity contribution is -0.137. The quantitative estimate of drug-likeness (QED) is 0.642. The van der Waals surface area contributed by atoms with Crippen LogP contribution >= 0.6 is 11.3 Å². The predicted octanol–water partition coefficient (Wildman–Crippen LogP) is 4.21. The molecule has 1 heterocycles. The Morgan fingerprint density at radius 2 is 1.64 bits per heavy atom. The van der Waals surface area contributed by atoms with Crippen LogP contribution in [-0.4, -0.2) is 16.8 Å². The molecule has 5 nitrogen and oxygen atoms in total. The van der Waals surface area contributed by atoms with Gasteiger partial charge in [-0.3, -0.25) is 20.4 Å². The monoisotopic (exact) mass is 405 g/mol. The van der Waals surface area contributed by atoms with Gasteiger partial charge in [0.15, 0.2) is 0 Å². The average Bonchev–Trinajstić information content (AvgIpc) is 3.08. The Morgan fingerprint density at radius 1 is 0.964 bits per heavy atom. The second kappa shape index (κ2) is 7.81. The number of alkyl halides is 3. The zero-order valence-electron chi connectivity index (χ0n) is 14.5. The van der Waals surface area contributed by atoms with Crippen LogP contribution in [0.15, 0.2) is 54.6 Å². The van der Waals surface area contributed by atoms with Gasteiger partial charge in [-0.15, -0.1) is 11.3 Å². The molecule has 0 radical (unpaired) electrons. The zero-order chi connectivity index (χ0) is 20.3. The summed E-state index contributed by atoms with van der Waals surface area (Å²) >= 11 is 1.15. The fourth-order valence-electron chi connectivity index (χ4n) is 2.39. The normalized spacial score (nSPS) is 11.1. The first kappa shape index (κ1) is 19.6. The summed E-state index contributed by atoms with van der Waals surface area (Å²) in [4.78, 5) is 29.0. The molecule has 1 aromatic heterocycles. The van der Waals surface area contributed by atoms with Crippen LogP contribution in [0, 0.1) is 6.92 Å². The number of benzene rings is 2. The number of rotatable bonds is 3. The van der Waals surface area contributed by atoms with Crippen molar-refractivity contribution in [1.29, 1.82) is 0 Å². The van der Waals surface area contributed by atoms with Crippen LogP contribution in [0.1, 0.15) is 31.3 Å². The fraction of sp³-hybridized carbons (Fsp3) is 0.105. The molecule has 144 valence electrons. The van der Waals surface area contributed by atoms with Gasteiger partial charge in [-0.1, -0.05) is 36.4 Å². The van der Waals surface area contributed by atoms with E-state index in [1.807, 2.05) is 30.3 Å². The van der Waals surface area contributed by atoms with Crippen molar-refractivity contribution in [2.45, 2.75) is 13.1 Å². The molecule has 0 saturated carbocycles. The largest absolute Gasteiger partial charge is 0.416 e. The van der Waals surface area contributed by atoms with Crippen LogP contribution in [0.4, 0.5) is 13.2 Å². The van der Waals surface area contributed by atoms with E-state index in [2.05, 4.69) is 15.8 Å². The summed E-state index contributed by atoms with van der Waals surface area (Å²) in [7, 11) is 0. The Bertz CT molecular complexity index is 1020. The Kier molecular flexibility index (Phi) is 5.46. The molecule has 3 rings (SSSR count). The van der Waals surface area contributed by atoms with Crippen LogP contribution < -0.4 is 10.9 Å². The number of hydrazine groups is 1. The lowest BCUT2D eigenvalue weighted by Crippen LogP contribution is -2.41. The molecule has 3 aromatic rings. The summed E-state index contributed by atoms with van der Waals surface area (Å²) in [5.74, 6) is -1.46. The maximum Gasteiger partial charge on any atom is 0.416 e. The molecular weight excluding hydrogens is 391 g/mol. The van der Waals surface area contributed by atoms with Gasteiger partial charge in [0.05, 0.1) is 11.3 Å². The minimum atomic E-state index is -4.56. The van der Waals surface area contributed by atoms with Crippen LogP contribution in [-0.2, 0) is 6.18 Å². The van der Waals surface area contributed by atoms with E-state index in [4.69, 9.17) is 0 Å². The number of nitrogens with one attached hydrogen (secondary N) is 2. The number of nitrogens with zero attached hydrogens (tertiary/aromatic N) is 1. The SMILES string of the molecule is Cc1nc(-c2ccccc2)sc1C(=O)NNC(=O)c1cccc(C(F)(F)F)c1. The number of carbonyl (C=O) groups excluding carboxylic acids is 2. The number of hydrogen-bond acceptors (Lipinski definition) is 4. The highest BCUT2D eigenvalue weighted by Crippen LogP contribution is 2.29. The molecule has 0 saturated heterocycles. The summed E-state index contributed by atoms with van der Waals surface area (Å²) in [6, 6.07) is 13.2.